The number of esters is 1. The summed E-state index contributed by atoms with van der Waals surface area (Å²) in [4.78, 5) is 23.9. The molecule has 1 amide bonds. The summed E-state index contributed by atoms with van der Waals surface area (Å²) in [6.07, 6.45) is 0.759. The van der Waals surface area contributed by atoms with E-state index in [1.54, 1.807) is 18.2 Å². The standard InChI is InChI=1S/C15H19Cl2NO3/c1-4-9(2)14(15(20)21-3)18-13(19)8-10-11(16)6-5-7-12(10)17/h5-7,9,14H,4,8H2,1-3H3,(H,18,19). The van der Waals surface area contributed by atoms with E-state index in [4.69, 9.17) is 27.9 Å². The minimum Gasteiger partial charge on any atom is -0.467 e. The molecule has 0 heterocycles. The van der Waals surface area contributed by atoms with E-state index in [9.17, 15) is 9.59 Å². The number of carbonyl (C=O) groups is 2. The molecule has 1 rings (SSSR count). The third-order valence-electron chi connectivity index (χ3n) is 3.38. The molecule has 4 nitrogen and oxygen atoms in total. The fourth-order valence-corrected chi connectivity index (χ4v) is 2.41. The molecule has 1 aromatic rings. The first-order chi connectivity index (χ1) is 9.90. The van der Waals surface area contributed by atoms with Crippen LogP contribution in [0.5, 0.6) is 0 Å². The van der Waals surface area contributed by atoms with Crippen LogP contribution in [0.2, 0.25) is 10.0 Å². The number of hydrogen-bond acceptors (Lipinski definition) is 3. The highest BCUT2D eigenvalue weighted by Gasteiger charge is 2.27. The van der Waals surface area contributed by atoms with E-state index in [0.717, 1.165) is 6.42 Å². The second-order valence-electron chi connectivity index (χ2n) is 4.83. The zero-order chi connectivity index (χ0) is 16.0. The lowest BCUT2D eigenvalue weighted by atomic mass is 9.99. The van der Waals surface area contributed by atoms with Gasteiger partial charge in [0, 0.05) is 10.0 Å². The van der Waals surface area contributed by atoms with Crippen molar-refractivity contribution >= 4 is 35.1 Å². The first-order valence-electron chi connectivity index (χ1n) is 6.70. The lowest BCUT2D eigenvalue weighted by Gasteiger charge is -2.22. The largest absolute Gasteiger partial charge is 0.467 e. The van der Waals surface area contributed by atoms with Crippen LogP contribution in [0.1, 0.15) is 25.8 Å². The quantitative estimate of drug-likeness (QED) is 0.814. The predicted octanol–water partition coefficient (Wildman–Crippen LogP) is 3.24. The number of hydrogen-bond donors (Lipinski definition) is 1. The van der Waals surface area contributed by atoms with Gasteiger partial charge < -0.3 is 10.1 Å². The number of methoxy groups -OCH3 is 1. The van der Waals surface area contributed by atoms with Crippen LogP contribution >= 0.6 is 23.2 Å². The molecule has 0 aromatic heterocycles. The molecule has 0 saturated heterocycles. The van der Waals surface area contributed by atoms with Crippen LogP contribution in [0.3, 0.4) is 0 Å². The Morgan fingerprint density at radius 1 is 1.29 bits per heavy atom. The van der Waals surface area contributed by atoms with Crippen molar-refractivity contribution in [3.63, 3.8) is 0 Å². The Bertz CT molecular complexity index is 499. The van der Waals surface area contributed by atoms with E-state index < -0.39 is 12.0 Å². The smallest absolute Gasteiger partial charge is 0.328 e. The summed E-state index contributed by atoms with van der Waals surface area (Å²) in [6, 6.07) is 4.38. The maximum Gasteiger partial charge on any atom is 0.328 e. The Labute approximate surface area is 134 Å². The maximum absolute atomic E-state index is 12.1. The Morgan fingerprint density at radius 2 is 1.86 bits per heavy atom. The minimum atomic E-state index is -0.672. The van der Waals surface area contributed by atoms with Crippen molar-refractivity contribution in [2.75, 3.05) is 7.11 Å². The van der Waals surface area contributed by atoms with Crippen LogP contribution in [0.4, 0.5) is 0 Å². The summed E-state index contributed by atoms with van der Waals surface area (Å²) >= 11 is 12.1. The van der Waals surface area contributed by atoms with Gasteiger partial charge in [-0.15, -0.1) is 0 Å². The number of rotatable bonds is 6. The van der Waals surface area contributed by atoms with E-state index in [1.807, 2.05) is 13.8 Å². The second-order valence-corrected chi connectivity index (χ2v) is 5.65. The third-order valence-corrected chi connectivity index (χ3v) is 4.09. The maximum atomic E-state index is 12.1. The van der Waals surface area contributed by atoms with Crippen LogP contribution in [0.25, 0.3) is 0 Å². The van der Waals surface area contributed by atoms with Crippen molar-refractivity contribution in [3.05, 3.63) is 33.8 Å². The molecule has 21 heavy (non-hydrogen) atoms. The average Bonchev–Trinajstić information content (AvgIpc) is 2.47. The van der Waals surface area contributed by atoms with Gasteiger partial charge in [0.1, 0.15) is 6.04 Å². The molecule has 2 unspecified atom stereocenters. The molecule has 6 heteroatoms. The topological polar surface area (TPSA) is 55.4 Å². The lowest BCUT2D eigenvalue weighted by Crippen LogP contribution is -2.46. The van der Waals surface area contributed by atoms with Crippen molar-refractivity contribution in [1.82, 2.24) is 5.32 Å². The van der Waals surface area contributed by atoms with Gasteiger partial charge in [0.05, 0.1) is 13.5 Å². The van der Waals surface area contributed by atoms with Gasteiger partial charge in [-0.05, 0) is 23.6 Å². The molecule has 0 radical (unpaired) electrons. The Kier molecular flexibility index (Phi) is 6.99. The highest BCUT2D eigenvalue weighted by Crippen LogP contribution is 2.24. The molecular weight excluding hydrogens is 313 g/mol. The first-order valence-corrected chi connectivity index (χ1v) is 7.46. The number of halogens is 2. The van der Waals surface area contributed by atoms with Gasteiger partial charge >= 0.3 is 5.97 Å². The summed E-state index contributed by atoms with van der Waals surface area (Å²) in [5, 5.41) is 3.54. The van der Waals surface area contributed by atoms with Crippen LogP contribution in [0, 0.1) is 5.92 Å². The monoisotopic (exact) mass is 331 g/mol. The minimum absolute atomic E-state index is 0.0163. The van der Waals surface area contributed by atoms with E-state index in [0.29, 0.717) is 15.6 Å². The van der Waals surface area contributed by atoms with Crippen molar-refractivity contribution in [2.24, 2.45) is 5.92 Å². The fraction of sp³-hybridized carbons (Fsp3) is 0.467. The molecule has 0 fully saturated rings. The van der Waals surface area contributed by atoms with E-state index in [2.05, 4.69) is 5.32 Å². The molecule has 116 valence electrons. The molecule has 0 saturated carbocycles. The van der Waals surface area contributed by atoms with Crippen LogP contribution < -0.4 is 5.32 Å². The van der Waals surface area contributed by atoms with E-state index >= 15 is 0 Å². The number of nitrogens with one attached hydrogen (secondary N) is 1. The summed E-state index contributed by atoms with van der Waals surface area (Å²) in [6.45, 7) is 3.82. The normalized spacial score (nSPS) is 13.4. The molecule has 0 aliphatic carbocycles. The lowest BCUT2D eigenvalue weighted by molar-refractivity contribution is -0.146. The highest BCUT2D eigenvalue weighted by molar-refractivity contribution is 6.36. The predicted molar refractivity (Wildman–Crippen MR) is 83.6 cm³/mol. The molecule has 1 N–H and O–H groups in total. The number of carbonyl (C=O) groups excluding carboxylic acids is 2. The summed E-state index contributed by atoms with van der Waals surface area (Å²) in [7, 11) is 1.30. The van der Waals surface area contributed by atoms with Crippen molar-refractivity contribution in [1.29, 1.82) is 0 Å². The molecule has 2 atom stereocenters. The number of benzene rings is 1. The highest BCUT2D eigenvalue weighted by atomic mass is 35.5. The zero-order valence-corrected chi connectivity index (χ0v) is 13.8. The summed E-state index contributed by atoms with van der Waals surface area (Å²) in [5.74, 6) is -0.799. The van der Waals surface area contributed by atoms with E-state index in [1.165, 1.54) is 7.11 Å². The van der Waals surface area contributed by atoms with Crippen LogP contribution in [0.15, 0.2) is 18.2 Å². The van der Waals surface area contributed by atoms with Crippen LogP contribution in [-0.4, -0.2) is 25.0 Å². The number of ether oxygens (including phenoxy) is 1. The third kappa shape index (κ3) is 4.90. The van der Waals surface area contributed by atoms with Crippen molar-refractivity contribution in [2.45, 2.75) is 32.7 Å². The van der Waals surface area contributed by atoms with E-state index in [-0.39, 0.29) is 18.2 Å². The average molecular weight is 332 g/mol. The molecule has 1 aromatic carbocycles. The molecule has 0 bridgehead atoms. The SMILES string of the molecule is CCC(C)C(NC(=O)Cc1c(Cl)cccc1Cl)C(=O)OC. The van der Waals surface area contributed by atoms with Gasteiger partial charge in [-0.2, -0.15) is 0 Å². The Balaban J connectivity index is 2.81. The Morgan fingerprint density at radius 3 is 2.33 bits per heavy atom. The number of amides is 1. The van der Waals surface area contributed by atoms with Crippen molar-refractivity contribution < 1.29 is 14.3 Å². The molecule has 0 aliphatic rings. The van der Waals surface area contributed by atoms with Gasteiger partial charge in [-0.3, -0.25) is 4.79 Å². The Hall–Kier alpha value is -1.26. The van der Waals surface area contributed by atoms with Gasteiger partial charge in [-0.1, -0.05) is 49.5 Å². The molecule has 0 spiro atoms. The van der Waals surface area contributed by atoms with Gasteiger partial charge in [0.25, 0.3) is 0 Å². The van der Waals surface area contributed by atoms with Gasteiger partial charge in [0.2, 0.25) is 5.91 Å². The second kappa shape index (κ2) is 8.25. The van der Waals surface area contributed by atoms with Crippen LogP contribution in [-0.2, 0) is 20.7 Å². The van der Waals surface area contributed by atoms with Crippen molar-refractivity contribution in [3.8, 4) is 0 Å². The summed E-state index contributed by atoms with van der Waals surface area (Å²) in [5.41, 5.74) is 0.547. The first kappa shape index (κ1) is 17.8. The fourth-order valence-electron chi connectivity index (χ4n) is 1.88. The molecular formula is C15H19Cl2NO3. The van der Waals surface area contributed by atoms with Gasteiger partial charge in [-0.25, -0.2) is 4.79 Å². The van der Waals surface area contributed by atoms with Gasteiger partial charge in [0.15, 0.2) is 0 Å². The molecule has 0 aliphatic heterocycles. The zero-order valence-electron chi connectivity index (χ0n) is 12.3. The summed E-state index contributed by atoms with van der Waals surface area (Å²) < 4.78 is 4.73.